The van der Waals surface area contributed by atoms with Gasteiger partial charge in [0.05, 0.1) is 12.7 Å². The maximum absolute atomic E-state index is 11.3. The second-order valence-electron chi connectivity index (χ2n) is 3.82. The largest absolute Gasteiger partial charge is 0.465 e. The average molecular weight is 257 g/mol. The van der Waals surface area contributed by atoms with Crippen molar-refractivity contribution in [1.82, 2.24) is 10.6 Å². The highest BCUT2D eigenvalue weighted by Gasteiger charge is 2.14. The molecule has 0 bridgehead atoms. The molecule has 0 amide bonds. The fraction of sp³-hybridized carbons (Fsp3) is 0.417. The third-order valence-electron chi connectivity index (χ3n) is 2.78. The summed E-state index contributed by atoms with van der Waals surface area (Å²) >= 11 is 0. The fourth-order valence-corrected chi connectivity index (χ4v) is 1.86. The number of methoxy groups -OCH3 is 1. The van der Waals surface area contributed by atoms with Crippen LogP contribution in [0, 0.1) is 0 Å². The predicted octanol–water partition coefficient (Wildman–Crippen LogP) is 1.13. The maximum Gasteiger partial charge on any atom is 0.337 e. The second-order valence-corrected chi connectivity index (χ2v) is 3.82. The molecule has 0 unspecified atom stereocenters. The molecule has 94 valence electrons. The lowest BCUT2D eigenvalue weighted by molar-refractivity contribution is 0.0600. The Labute approximate surface area is 107 Å². The summed E-state index contributed by atoms with van der Waals surface area (Å²) in [5, 5.41) is 6.75. The zero-order chi connectivity index (χ0) is 11.4. The highest BCUT2D eigenvalue weighted by molar-refractivity contribution is 5.89. The average Bonchev–Trinajstić information content (AvgIpc) is 2.39. The van der Waals surface area contributed by atoms with Crippen molar-refractivity contribution in [3.05, 3.63) is 35.4 Å². The van der Waals surface area contributed by atoms with E-state index in [1.807, 2.05) is 12.1 Å². The van der Waals surface area contributed by atoms with E-state index in [-0.39, 0.29) is 18.4 Å². The molecule has 1 aromatic carbocycles. The molecule has 1 fully saturated rings. The van der Waals surface area contributed by atoms with Gasteiger partial charge in [0.2, 0.25) is 0 Å². The molecule has 17 heavy (non-hydrogen) atoms. The first-order valence-electron chi connectivity index (χ1n) is 5.43. The lowest BCUT2D eigenvalue weighted by atomic mass is 10.0. The van der Waals surface area contributed by atoms with E-state index in [2.05, 4.69) is 15.4 Å². The Kier molecular flexibility index (Phi) is 5.41. The Hall–Kier alpha value is -1.10. The minimum Gasteiger partial charge on any atom is -0.465 e. The number of rotatable bonds is 2. The number of carbonyl (C=O) groups is 1. The molecule has 1 aromatic rings. The molecule has 4 nitrogen and oxygen atoms in total. The first-order valence-corrected chi connectivity index (χ1v) is 5.43. The number of halogens is 1. The van der Waals surface area contributed by atoms with Gasteiger partial charge in [0, 0.05) is 25.7 Å². The van der Waals surface area contributed by atoms with Crippen molar-refractivity contribution in [2.24, 2.45) is 0 Å². The molecular weight excluding hydrogens is 240 g/mol. The SMILES string of the molecule is COC(=O)c1ccc([C@@H]2CNCCN2)cc1.Cl. The summed E-state index contributed by atoms with van der Waals surface area (Å²) in [4.78, 5) is 11.3. The summed E-state index contributed by atoms with van der Waals surface area (Å²) < 4.78 is 4.65. The van der Waals surface area contributed by atoms with Crippen LogP contribution >= 0.6 is 12.4 Å². The first-order chi connectivity index (χ1) is 7.81. The van der Waals surface area contributed by atoms with E-state index < -0.39 is 0 Å². The molecule has 1 saturated heterocycles. The van der Waals surface area contributed by atoms with Crippen LogP contribution in [-0.4, -0.2) is 32.7 Å². The second kappa shape index (κ2) is 6.59. The van der Waals surface area contributed by atoms with Gasteiger partial charge < -0.3 is 15.4 Å². The number of hydrogen-bond acceptors (Lipinski definition) is 4. The van der Waals surface area contributed by atoms with Crippen LogP contribution in [0.15, 0.2) is 24.3 Å². The summed E-state index contributed by atoms with van der Waals surface area (Å²) in [6.45, 7) is 2.91. The Morgan fingerprint density at radius 3 is 2.53 bits per heavy atom. The molecule has 1 atom stereocenters. The molecule has 2 rings (SSSR count). The van der Waals surface area contributed by atoms with Crippen molar-refractivity contribution in [1.29, 1.82) is 0 Å². The molecule has 0 radical (unpaired) electrons. The number of carbonyl (C=O) groups excluding carboxylic acids is 1. The summed E-state index contributed by atoms with van der Waals surface area (Å²) in [5.74, 6) is -0.290. The highest BCUT2D eigenvalue weighted by Crippen LogP contribution is 2.14. The smallest absolute Gasteiger partial charge is 0.337 e. The van der Waals surface area contributed by atoms with Crippen molar-refractivity contribution < 1.29 is 9.53 Å². The van der Waals surface area contributed by atoms with Gasteiger partial charge in [0.25, 0.3) is 0 Å². The van der Waals surface area contributed by atoms with E-state index >= 15 is 0 Å². The zero-order valence-electron chi connectivity index (χ0n) is 9.73. The molecule has 0 saturated carbocycles. The first kappa shape index (κ1) is 14.0. The standard InChI is InChI=1S/C12H16N2O2.ClH/c1-16-12(15)10-4-2-9(3-5-10)11-8-13-6-7-14-11;/h2-5,11,13-14H,6-8H2,1H3;1H/t11-;/m0./s1. The zero-order valence-corrected chi connectivity index (χ0v) is 10.5. The van der Waals surface area contributed by atoms with Crippen molar-refractivity contribution in [2.75, 3.05) is 26.7 Å². The predicted molar refractivity (Wildman–Crippen MR) is 68.6 cm³/mol. The lowest BCUT2D eigenvalue weighted by Gasteiger charge is -2.24. The minimum atomic E-state index is -0.290. The van der Waals surface area contributed by atoms with Gasteiger partial charge in [-0.25, -0.2) is 4.79 Å². The van der Waals surface area contributed by atoms with E-state index in [0.717, 1.165) is 19.6 Å². The van der Waals surface area contributed by atoms with Crippen LogP contribution in [0.1, 0.15) is 22.0 Å². The Morgan fingerprint density at radius 2 is 2.00 bits per heavy atom. The molecule has 2 N–H and O–H groups in total. The van der Waals surface area contributed by atoms with Gasteiger partial charge in [-0.3, -0.25) is 0 Å². The van der Waals surface area contributed by atoms with Crippen molar-refractivity contribution in [3.63, 3.8) is 0 Å². The molecule has 1 heterocycles. The quantitative estimate of drug-likeness (QED) is 0.779. The van der Waals surface area contributed by atoms with Gasteiger partial charge in [-0.2, -0.15) is 0 Å². The number of nitrogens with one attached hydrogen (secondary N) is 2. The van der Waals surface area contributed by atoms with Gasteiger partial charge in [-0.15, -0.1) is 12.4 Å². The molecule has 1 aliphatic rings. The Bertz CT molecular complexity index is 361. The van der Waals surface area contributed by atoms with Crippen LogP contribution in [0.2, 0.25) is 0 Å². The normalized spacial score (nSPS) is 19.2. The minimum absolute atomic E-state index is 0. The van der Waals surface area contributed by atoms with E-state index in [4.69, 9.17) is 0 Å². The third-order valence-corrected chi connectivity index (χ3v) is 2.78. The van der Waals surface area contributed by atoms with E-state index in [0.29, 0.717) is 11.6 Å². The molecule has 0 spiro atoms. The van der Waals surface area contributed by atoms with Crippen molar-refractivity contribution >= 4 is 18.4 Å². The van der Waals surface area contributed by atoms with Crippen LogP contribution in [0.3, 0.4) is 0 Å². The van der Waals surface area contributed by atoms with E-state index in [1.54, 1.807) is 12.1 Å². The summed E-state index contributed by atoms with van der Waals surface area (Å²) in [6, 6.07) is 7.88. The van der Waals surface area contributed by atoms with Gasteiger partial charge in [-0.05, 0) is 17.7 Å². The molecule has 0 aliphatic carbocycles. The van der Waals surface area contributed by atoms with Gasteiger partial charge >= 0.3 is 5.97 Å². The number of ether oxygens (including phenoxy) is 1. The summed E-state index contributed by atoms with van der Waals surface area (Å²) in [6.07, 6.45) is 0. The van der Waals surface area contributed by atoms with Gasteiger partial charge in [-0.1, -0.05) is 12.1 Å². The molecule has 5 heteroatoms. The number of esters is 1. The highest BCUT2D eigenvalue weighted by atomic mass is 35.5. The summed E-state index contributed by atoms with van der Waals surface area (Å²) in [7, 11) is 1.39. The Balaban J connectivity index is 0.00000144. The van der Waals surface area contributed by atoms with Crippen LogP contribution in [-0.2, 0) is 4.74 Å². The fourth-order valence-electron chi connectivity index (χ4n) is 1.86. The number of piperazine rings is 1. The van der Waals surface area contributed by atoms with Crippen LogP contribution in [0.4, 0.5) is 0 Å². The molecule has 1 aliphatic heterocycles. The Morgan fingerprint density at radius 1 is 1.29 bits per heavy atom. The molecule has 0 aromatic heterocycles. The van der Waals surface area contributed by atoms with Gasteiger partial charge in [0.1, 0.15) is 0 Å². The molecular formula is C12H17ClN2O2. The maximum atomic E-state index is 11.3. The summed E-state index contributed by atoms with van der Waals surface area (Å²) in [5.41, 5.74) is 1.79. The monoisotopic (exact) mass is 256 g/mol. The topological polar surface area (TPSA) is 50.4 Å². The van der Waals surface area contributed by atoms with Gasteiger partial charge in [0.15, 0.2) is 0 Å². The van der Waals surface area contributed by atoms with Crippen LogP contribution < -0.4 is 10.6 Å². The number of hydrogen-bond donors (Lipinski definition) is 2. The van der Waals surface area contributed by atoms with Crippen LogP contribution in [0.25, 0.3) is 0 Å². The number of benzene rings is 1. The lowest BCUT2D eigenvalue weighted by Crippen LogP contribution is -2.42. The van der Waals surface area contributed by atoms with Crippen LogP contribution in [0.5, 0.6) is 0 Å². The van der Waals surface area contributed by atoms with E-state index in [9.17, 15) is 4.79 Å². The van der Waals surface area contributed by atoms with Crippen molar-refractivity contribution in [3.8, 4) is 0 Å². The van der Waals surface area contributed by atoms with Crippen molar-refractivity contribution in [2.45, 2.75) is 6.04 Å². The van der Waals surface area contributed by atoms with E-state index in [1.165, 1.54) is 12.7 Å². The third kappa shape index (κ3) is 3.43.